The van der Waals surface area contributed by atoms with Crippen molar-refractivity contribution in [1.29, 1.82) is 0 Å². The standard InChI is InChI=1S/C24H19FN4O/c1-17-7-11-19(12-8-17)23-15-22(28-29(23)21-5-3-2-4-6-21)24(30)27-26-16-18-9-13-20(25)14-10-18/h2-16H,1H3,(H,27,30)/b26-16-. The number of aromatic nitrogens is 2. The van der Waals surface area contributed by atoms with Crippen molar-refractivity contribution in [2.45, 2.75) is 6.92 Å². The smallest absolute Gasteiger partial charge is 0.265 e. The van der Waals surface area contributed by atoms with Crippen molar-refractivity contribution in [1.82, 2.24) is 15.2 Å². The number of carbonyl (C=O) groups excluding carboxylic acids is 1. The summed E-state index contributed by atoms with van der Waals surface area (Å²) in [7, 11) is 0. The monoisotopic (exact) mass is 398 g/mol. The molecule has 0 spiro atoms. The summed E-state index contributed by atoms with van der Waals surface area (Å²) in [4.78, 5) is 12.6. The molecule has 1 amide bonds. The number of aryl methyl sites for hydroxylation is 1. The number of amides is 1. The molecule has 3 aromatic carbocycles. The molecule has 1 aromatic heterocycles. The molecule has 0 aliphatic carbocycles. The second-order valence-corrected chi connectivity index (χ2v) is 6.78. The second kappa shape index (κ2) is 8.53. The summed E-state index contributed by atoms with van der Waals surface area (Å²) in [5.74, 6) is -0.761. The lowest BCUT2D eigenvalue weighted by molar-refractivity contribution is 0.0949. The molecule has 0 aliphatic rings. The summed E-state index contributed by atoms with van der Waals surface area (Å²) in [5, 5.41) is 8.44. The molecule has 0 atom stereocenters. The van der Waals surface area contributed by atoms with Crippen LogP contribution in [0.25, 0.3) is 16.9 Å². The van der Waals surface area contributed by atoms with E-state index in [1.165, 1.54) is 18.3 Å². The molecule has 0 fully saturated rings. The quantitative estimate of drug-likeness (QED) is 0.390. The molecular formula is C24H19FN4O. The summed E-state index contributed by atoms with van der Waals surface area (Å²) in [5.41, 5.74) is 7.14. The number of nitrogens with one attached hydrogen (secondary N) is 1. The van der Waals surface area contributed by atoms with E-state index in [9.17, 15) is 9.18 Å². The highest BCUT2D eigenvalue weighted by molar-refractivity contribution is 5.94. The van der Waals surface area contributed by atoms with Crippen molar-refractivity contribution in [3.63, 3.8) is 0 Å². The number of carbonyl (C=O) groups is 1. The van der Waals surface area contributed by atoms with Gasteiger partial charge in [0, 0.05) is 5.56 Å². The van der Waals surface area contributed by atoms with E-state index in [1.807, 2.05) is 61.5 Å². The zero-order chi connectivity index (χ0) is 20.9. The Bertz CT molecular complexity index is 1180. The molecule has 0 saturated heterocycles. The van der Waals surface area contributed by atoms with Gasteiger partial charge in [0.2, 0.25) is 0 Å². The molecule has 5 nitrogen and oxygen atoms in total. The van der Waals surface area contributed by atoms with E-state index in [4.69, 9.17) is 0 Å². The Balaban J connectivity index is 1.62. The minimum Gasteiger partial charge on any atom is -0.265 e. The Morgan fingerprint density at radius 1 is 1.00 bits per heavy atom. The van der Waals surface area contributed by atoms with Gasteiger partial charge in [-0.15, -0.1) is 0 Å². The fourth-order valence-corrected chi connectivity index (χ4v) is 2.96. The van der Waals surface area contributed by atoms with Crippen LogP contribution in [0.5, 0.6) is 0 Å². The van der Waals surface area contributed by atoms with Crippen LogP contribution < -0.4 is 5.43 Å². The van der Waals surface area contributed by atoms with Gasteiger partial charge in [0.15, 0.2) is 5.69 Å². The first-order valence-corrected chi connectivity index (χ1v) is 9.42. The Hall–Kier alpha value is -4.06. The van der Waals surface area contributed by atoms with Crippen LogP contribution in [0.1, 0.15) is 21.6 Å². The van der Waals surface area contributed by atoms with E-state index in [2.05, 4.69) is 15.6 Å². The average Bonchev–Trinajstić information content (AvgIpc) is 3.22. The van der Waals surface area contributed by atoms with E-state index in [0.29, 0.717) is 5.56 Å². The highest BCUT2D eigenvalue weighted by atomic mass is 19.1. The van der Waals surface area contributed by atoms with Crippen LogP contribution in [0.4, 0.5) is 4.39 Å². The predicted octanol–water partition coefficient (Wildman–Crippen LogP) is 4.75. The summed E-state index contributed by atoms with van der Waals surface area (Å²) in [6, 6.07) is 25.2. The second-order valence-electron chi connectivity index (χ2n) is 6.78. The van der Waals surface area contributed by atoms with Gasteiger partial charge in [-0.25, -0.2) is 14.5 Å². The van der Waals surface area contributed by atoms with Crippen LogP contribution in [-0.4, -0.2) is 21.9 Å². The average molecular weight is 398 g/mol. The maximum atomic E-state index is 13.0. The molecule has 0 saturated carbocycles. The number of hydrogen-bond donors (Lipinski definition) is 1. The van der Waals surface area contributed by atoms with Gasteiger partial charge in [-0.2, -0.15) is 10.2 Å². The molecule has 0 bridgehead atoms. The first-order valence-electron chi connectivity index (χ1n) is 9.42. The fraction of sp³-hybridized carbons (Fsp3) is 0.0417. The summed E-state index contributed by atoms with van der Waals surface area (Å²) < 4.78 is 14.7. The SMILES string of the molecule is Cc1ccc(-c2cc(C(=O)N/N=C\c3ccc(F)cc3)nn2-c2ccccc2)cc1. The highest BCUT2D eigenvalue weighted by Gasteiger charge is 2.16. The van der Waals surface area contributed by atoms with Gasteiger partial charge in [-0.05, 0) is 42.8 Å². The van der Waals surface area contributed by atoms with Crippen LogP contribution in [0, 0.1) is 12.7 Å². The van der Waals surface area contributed by atoms with Crippen molar-refractivity contribution in [3.8, 4) is 16.9 Å². The topological polar surface area (TPSA) is 59.3 Å². The normalized spacial score (nSPS) is 11.0. The van der Waals surface area contributed by atoms with Gasteiger partial charge in [-0.3, -0.25) is 4.79 Å². The third-order valence-electron chi connectivity index (χ3n) is 4.54. The molecule has 1 N–H and O–H groups in total. The first-order chi connectivity index (χ1) is 14.6. The Labute approximate surface area is 173 Å². The van der Waals surface area contributed by atoms with Crippen LogP contribution >= 0.6 is 0 Å². The number of para-hydroxylation sites is 1. The van der Waals surface area contributed by atoms with Crippen molar-refractivity contribution >= 4 is 12.1 Å². The van der Waals surface area contributed by atoms with Crippen molar-refractivity contribution in [2.24, 2.45) is 5.10 Å². The number of hydrogen-bond acceptors (Lipinski definition) is 3. The summed E-state index contributed by atoms with van der Waals surface area (Å²) >= 11 is 0. The van der Waals surface area contributed by atoms with E-state index in [-0.39, 0.29) is 11.5 Å². The van der Waals surface area contributed by atoms with E-state index in [0.717, 1.165) is 22.5 Å². The number of rotatable bonds is 5. The third kappa shape index (κ3) is 4.33. The van der Waals surface area contributed by atoms with Crippen molar-refractivity contribution < 1.29 is 9.18 Å². The molecule has 6 heteroatoms. The lowest BCUT2D eigenvalue weighted by Gasteiger charge is -2.07. The van der Waals surface area contributed by atoms with Crippen LogP contribution in [-0.2, 0) is 0 Å². The Kier molecular flexibility index (Phi) is 5.48. The largest absolute Gasteiger partial charge is 0.291 e. The first kappa shape index (κ1) is 19.3. The molecule has 0 radical (unpaired) electrons. The zero-order valence-electron chi connectivity index (χ0n) is 16.3. The lowest BCUT2D eigenvalue weighted by atomic mass is 10.1. The van der Waals surface area contributed by atoms with E-state index in [1.54, 1.807) is 22.9 Å². The van der Waals surface area contributed by atoms with E-state index < -0.39 is 5.91 Å². The van der Waals surface area contributed by atoms with Gasteiger partial charge >= 0.3 is 0 Å². The van der Waals surface area contributed by atoms with Crippen LogP contribution in [0.3, 0.4) is 0 Å². The van der Waals surface area contributed by atoms with Crippen LogP contribution in [0.15, 0.2) is 90.0 Å². The molecule has 30 heavy (non-hydrogen) atoms. The lowest BCUT2D eigenvalue weighted by Crippen LogP contribution is -2.18. The maximum Gasteiger partial charge on any atom is 0.291 e. The Morgan fingerprint density at radius 2 is 1.70 bits per heavy atom. The Morgan fingerprint density at radius 3 is 2.40 bits per heavy atom. The molecule has 0 aliphatic heterocycles. The molecular weight excluding hydrogens is 379 g/mol. The maximum absolute atomic E-state index is 13.0. The van der Waals surface area contributed by atoms with Gasteiger partial charge in [0.25, 0.3) is 5.91 Å². The highest BCUT2D eigenvalue weighted by Crippen LogP contribution is 2.24. The van der Waals surface area contributed by atoms with Crippen molar-refractivity contribution in [2.75, 3.05) is 0 Å². The van der Waals surface area contributed by atoms with Gasteiger partial charge in [-0.1, -0.05) is 60.2 Å². The zero-order valence-corrected chi connectivity index (χ0v) is 16.3. The summed E-state index contributed by atoms with van der Waals surface area (Å²) in [6.07, 6.45) is 1.45. The van der Waals surface area contributed by atoms with Crippen LogP contribution in [0.2, 0.25) is 0 Å². The third-order valence-corrected chi connectivity index (χ3v) is 4.54. The van der Waals surface area contributed by atoms with Crippen molar-refractivity contribution in [3.05, 3.63) is 108 Å². The number of hydrazone groups is 1. The minimum absolute atomic E-state index is 0.241. The number of benzene rings is 3. The van der Waals surface area contributed by atoms with Gasteiger partial charge in [0.05, 0.1) is 17.6 Å². The minimum atomic E-state index is -0.434. The predicted molar refractivity (Wildman–Crippen MR) is 115 cm³/mol. The molecule has 0 unspecified atom stereocenters. The molecule has 148 valence electrons. The molecule has 4 rings (SSSR count). The van der Waals surface area contributed by atoms with E-state index >= 15 is 0 Å². The van der Waals surface area contributed by atoms with Gasteiger partial charge in [0.1, 0.15) is 5.82 Å². The fourth-order valence-electron chi connectivity index (χ4n) is 2.96. The molecule has 4 aromatic rings. The summed E-state index contributed by atoms with van der Waals surface area (Å²) in [6.45, 7) is 2.02. The molecule has 1 heterocycles. The van der Waals surface area contributed by atoms with Gasteiger partial charge < -0.3 is 0 Å². The number of halogens is 1. The number of nitrogens with zero attached hydrogens (tertiary/aromatic N) is 3.